The largest absolute Gasteiger partial charge is 0.368 e. The summed E-state index contributed by atoms with van der Waals surface area (Å²) < 4.78 is 19.4. The van der Waals surface area contributed by atoms with Crippen molar-refractivity contribution < 1.29 is 9.13 Å². The fourth-order valence-electron chi connectivity index (χ4n) is 3.17. The quantitative estimate of drug-likeness (QED) is 0.876. The third-order valence-electron chi connectivity index (χ3n) is 4.36. The molecule has 0 amide bonds. The first kappa shape index (κ1) is 15.5. The first-order valence-corrected chi connectivity index (χ1v) is 7.78. The van der Waals surface area contributed by atoms with Gasteiger partial charge in [0.05, 0.1) is 12.2 Å². The summed E-state index contributed by atoms with van der Waals surface area (Å²) in [4.78, 5) is 0. The molecule has 0 heterocycles. The Kier molecular flexibility index (Phi) is 5.55. The number of hydrogen-bond donors (Lipinski definition) is 1. The number of nitrogens with two attached hydrogens (primary N) is 1. The molecule has 2 nitrogen and oxygen atoms in total. The summed E-state index contributed by atoms with van der Waals surface area (Å²) in [6.07, 6.45) is 6.19. The standard InChI is InChI=1S/C17H26FNO/c1-3-13-6-4-5-7-16(13)20-17(12(2)19)14-8-10-15(18)11-9-14/h8-13,16-17H,3-7,19H2,1-2H3. The lowest BCUT2D eigenvalue weighted by molar-refractivity contribution is -0.0701. The number of ether oxygens (including phenoxy) is 1. The lowest BCUT2D eigenvalue weighted by Gasteiger charge is -2.35. The normalized spacial score (nSPS) is 26.2. The van der Waals surface area contributed by atoms with Gasteiger partial charge in [0.2, 0.25) is 0 Å². The van der Waals surface area contributed by atoms with Gasteiger partial charge in [0.1, 0.15) is 5.82 Å². The molecule has 4 atom stereocenters. The van der Waals surface area contributed by atoms with Crippen LogP contribution in [0.15, 0.2) is 24.3 Å². The highest BCUT2D eigenvalue weighted by molar-refractivity contribution is 5.20. The van der Waals surface area contributed by atoms with Crippen molar-refractivity contribution in [3.05, 3.63) is 35.6 Å². The Hall–Kier alpha value is -0.930. The summed E-state index contributed by atoms with van der Waals surface area (Å²) in [5.74, 6) is 0.409. The summed E-state index contributed by atoms with van der Waals surface area (Å²) in [5, 5.41) is 0. The van der Waals surface area contributed by atoms with Crippen LogP contribution in [0.5, 0.6) is 0 Å². The maximum absolute atomic E-state index is 13.1. The van der Waals surface area contributed by atoms with E-state index in [4.69, 9.17) is 10.5 Å². The topological polar surface area (TPSA) is 35.2 Å². The third-order valence-corrected chi connectivity index (χ3v) is 4.36. The minimum atomic E-state index is -0.221. The summed E-state index contributed by atoms with van der Waals surface area (Å²) in [6, 6.07) is 6.43. The van der Waals surface area contributed by atoms with E-state index in [0.717, 1.165) is 18.4 Å². The molecule has 1 aliphatic rings. The van der Waals surface area contributed by atoms with Gasteiger partial charge in [-0.2, -0.15) is 0 Å². The van der Waals surface area contributed by atoms with Crippen LogP contribution in [0.3, 0.4) is 0 Å². The zero-order valence-corrected chi connectivity index (χ0v) is 12.5. The smallest absolute Gasteiger partial charge is 0.123 e. The average Bonchev–Trinajstić information content (AvgIpc) is 2.46. The van der Waals surface area contributed by atoms with Crippen molar-refractivity contribution in [3.8, 4) is 0 Å². The van der Waals surface area contributed by atoms with Crippen molar-refractivity contribution in [1.82, 2.24) is 0 Å². The van der Waals surface area contributed by atoms with Gasteiger partial charge in [-0.3, -0.25) is 0 Å². The summed E-state index contributed by atoms with van der Waals surface area (Å²) in [6.45, 7) is 4.18. The molecule has 112 valence electrons. The van der Waals surface area contributed by atoms with Crippen LogP contribution in [0.4, 0.5) is 4.39 Å². The molecule has 4 unspecified atom stereocenters. The lowest BCUT2D eigenvalue weighted by Crippen LogP contribution is -2.35. The van der Waals surface area contributed by atoms with E-state index in [9.17, 15) is 4.39 Å². The molecule has 3 heteroatoms. The molecule has 0 spiro atoms. The van der Waals surface area contributed by atoms with Gasteiger partial charge in [0.15, 0.2) is 0 Å². The van der Waals surface area contributed by atoms with Crippen LogP contribution in [-0.4, -0.2) is 12.1 Å². The fraction of sp³-hybridized carbons (Fsp3) is 0.647. The molecule has 1 saturated carbocycles. The highest BCUT2D eigenvalue weighted by atomic mass is 19.1. The molecule has 1 aromatic carbocycles. The fourth-order valence-corrected chi connectivity index (χ4v) is 3.17. The summed E-state index contributed by atoms with van der Waals surface area (Å²) in [7, 11) is 0. The SMILES string of the molecule is CCC1CCCCC1OC(c1ccc(F)cc1)C(C)N. The molecule has 1 aliphatic carbocycles. The second kappa shape index (κ2) is 7.19. The van der Waals surface area contributed by atoms with Crippen molar-refractivity contribution in [2.24, 2.45) is 11.7 Å². The lowest BCUT2D eigenvalue weighted by atomic mass is 9.84. The molecule has 0 radical (unpaired) electrons. The van der Waals surface area contributed by atoms with Crippen LogP contribution in [0.2, 0.25) is 0 Å². The van der Waals surface area contributed by atoms with E-state index in [1.165, 1.54) is 31.4 Å². The Balaban J connectivity index is 2.10. The molecule has 1 fully saturated rings. The van der Waals surface area contributed by atoms with Crippen LogP contribution in [-0.2, 0) is 4.74 Å². The van der Waals surface area contributed by atoms with Crippen molar-refractivity contribution in [3.63, 3.8) is 0 Å². The van der Waals surface area contributed by atoms with E-state index < -0.39 is 0 Å². The molecular formula is C17H26FNO. The molecule has 1 aromatic rings. The second-order valence-electron chi connectivity index (χ2n) is 5.96. The van der Waals surface area contributed by atoms with Crippen LogP contribution >= 0.6 is 0 Å². The van der Waals surface area contributed by atoms with Crippen LogP contribution in [0.25, 0.3) is 0 Å². The molecule has 0 aromatic heterocycles. The highest BCUT2D eigenvalue weighted by Crippen LogP contribution is 2.33. The van der Waals surface area contributed by atoms with E-state index in [1.807, 2.05) is 6.92 Å². The Labute approximate surface area is 121 Å². The van der Waals surface area contributed by atoms with Crippen molar-refractivity contribution in [2.45, 2.75) is 64.2 Å². The molecule has 0 bridgehead atoms. The Morgan fingerprint density at radius 1 is 1.25 bits per heavy atom. The van der Waals surface area contributed by atoms with Crippen LogP contribution in [0.1, 0.15) is 57.6 Å². The second-order valence-corrected chi connectivity index (χ2v) is 5.96. The van der Waals surface area contributed by atoms with E-state index in [2.05, 4.69) is 6.92 Å². The van der Waals surface area contributed by atoms with Crippen molar-refractivity contribution >= 4 is 0 Å². The van der Waals surface area contributed by atoms with Gasteiger partial charge in [-0.1, -0.05) is 38.3 Å². The number of rotatable bonds is 5. The molecule has 2 N–H and O–H groups in total. The zero-order chi connectivity index (χ0) is 14.5. The monoisotopic (exact) mass is 279 g/mol. The third kappa shape index (κ3) is 3.80. The van der Waals surface area contributed by atoms with E-state index >= 15 is 0 Å². The molecule has 0 aliphatic heterocycles. The molecule has 2 rings (SSSR count). The highest BCUT2D eigenvalue weighted by Gasteiger charge is 2.29. The van der Waals surface area contributed by atoms with E-state index in [1.54, 1.807) is 12.1 Å². The first-order chi connectivity index (χ1) is 9.61. The van der Waals surface area contributed by atoms with Gasteiger partial charge in [-0.25, -0.2) is 4.39 Å². The number of hydrogen-bond acceptors (Lipinski definition) is 2. The number of benzene rings is 1. The minimum Gasteiger partial charge on any atom is -0.368 e. The predicted octanol–water partition coefficient (Wildman–Crippen LogP) is 4.20. The van der Waals surface area contributed by atoms with E-state index in [0.29, 0.717) is 5.92 Å². The average molecular weight is 279 g/mol. The summed E-state index contributed by atoms with van der Waals surface area (Å²) >= 11 is 0. The maximum Gasteiger partial charge on any atom is 0.123 e. The van der Waals surface area contributed by atoms with Crippen molar-refractivity contribution in [2.75, 3.05) is 0 Å². The van der Waals surface area contributed by atoms with Gasteiger partial charge in [0.25, 0.3) is 0 Å². The maximum atomic E-state index is 13.1. The molecule has 20 heavy (non-hydrogen) atoms. The Bertz CT molecular complexity index is 404. The molecular weight excluding hydrogens is 253 g/mol. The minimum absolute atomic E-state index is 0.0973. The first-order valence-electron chi connectivity index (χ1n) is 7.78. The van der Waals surface area contributed by atoms with Gasteiger partial charge >= 0.3 is 0 Å². The zero-order valence-electron chi connectivity index (χ0n) is 12.5. The van der Waals surface area contributed by atoms with Crippen LogP contribution in [0, 0.1) is 11.7 Å². The van der Waals surface area contributed by atoms with Gasteiger partial charge < -0.3 is 10.5 Å². The Morgan fingerprint density at radius 3 is 2.50 bits per heavy atom. The predicted molar refractivity (Wildman–Crippen MR) is 79.9 cm³/mol. The van der Waals surface area contributed by atoms with Gasteiger partial charge in [0, 0.05) is 6.04 Å². The Morgan fingerprint density at radius 2 is 1.90 bits per heavy atom. The van der Waals surface area contributed by atoms with E-state index in [-0.39, 0.29) is 24.1 Å². The summed E-state index contributed by atoms with van der Waals surface area (Å²) in [5.41, 5.74) is 7.07. The number of halogens is 1. The molecule has 0 saturated heterocycles. The van der Waals surface area contributed by atoms with Gasteiger partial charge in [-0.05, 0) is 43.4 Å². The van der Waals surface area contributed by atoms with Crippen molar-refractivity contribution in [1.29, 1.82) is 0 Å². The van der Waals surface area contributed by atoms with Gasteiger partial charge in [-0.15, -0.1) is 0 Å². The van der Waals surface area contributed by atoms with Crippen LogP contribution < -0.4 is 5.73 Å².